The van der Waals surface area contributed by atoms with E-state index in [-0.39, 0.29) is 5.54 Å². The van der Waals surface area contributed by atoms with Crippen LogP contribution < -0.4 is 10.6 Å². The number of benzene rings is 1. The summed E-state index contributed by atoms with van der Waals surface area (Å²) < 4.78 is 5.61. The molecular weight excluding hydrogens is 238 g/mol. The number of ether oxygens (including phenoxy) is 1. The summed E-state index contributed by atoms with van der Waals surface area (Å²) >= 11 is 0. The average molecular weight is 259 g/mol. The van der Waals surface area contributed by atoms with Crippen LogP contribution >= 0.6 is 0 Å². The fraction of sp³-hybridized carbons (Fsp3) is 0.533. The lowest BCUT2D eigenvalue weighted by atomic mass is 9.88. The minimum absolute atomic E-state index is 0.0205. The van der Waals surface area contributed by atoms with Crippen LogP contribution in [0.15, 0.2) is 29.3 Å². The van der Waals surface area contributed by atoms with E-state index in [0.29, 0.717) is 5.96 Å². The van der Waals surface area contributed by atoms with Gasteiger partial charge in [-0.1, -0.05) is 18.2 Å². The van der Waals surface area contributed by atoms with Gasteiger partial charge in [0.15, 0.2) is 5.96 Å². The number of aryl methyl sites for hydroxylation is 1. The molecule has 3 rings (SSSR count). The monoisotopic (exact) mass is 259 g/mol. The first-order chi connectivity index (χ1) is 9.23. The summed E-state index contributed by atoms with van der Waals surface area (Å²) in [6.45, 7) is 4.56. The Hall–Kier alpha value is -1.55. The van der Waals surface area contributed by atoms with Crippen molar-refractivity contribution in [1.29, 1.82) is 0 Å². The van der Waals surface area contributed by atoms with E-state index in [4.69, 9.17) is 10.5 Å². The molecule has 1 saturated heterocycles. The highest BCUT2D eigenvalue weighted by atomic mass is 16.5. The molecule has 0 amide bonds. The first kappa shape index (κ1) is 12.5. The van der Waals surface area contributed by atoms with Crippen molar-refractivity contribution < 1.29 is 4.74 Å². The van der Waals surface area contributed by atoms with E-state index in [1.807, 2.05) is 0 Å². The van der Waals surface area contributed by atoms with Crippen molar-refractivity contribution in [2.45, 2.75) is 31.7 Å². The van der Waals surface area contributed by atoms with Crippen LogP contribution in [0.5, 0.6) is 0 Å². The van der Waals surface area contributed by atoms with Crippen LogP contribution in [-0.4, -0.2) is 31.3 Å². The molecule has 0 saturated carbocycles. The van der Waals surface area contributed by atoms with Crippen molar-refractivity contribution in [3.63, 3.8) is 0 Å². The van der Waals surface area contributed by atoms with Gasteiger partial charge in [-0.05, 0) is 37.8 Å². The van der Waals surface area contributed by atoms with Gasteiger partial charge in [-0.2, -0.15) is 0 Å². The lowest BCUT2D eigenvalue weighted by Crippen LogP contribution is -2.52. The van der Waals surface area contributed by atoms with Gasteiger partial charge in [-0.15, -0.1) is 0 Å². The van der Waals surface area contributed by atoms with Crippen LogP contribution in [0.1, 0.15) is 24.8 Å². The lowest BCUT2D eigenvalue weighted by Gasteiger charge is -2.39. The standard InChI is InChI=1S/C15H21N3O/c1-12-5-2-3-6-13(12)18-14(16)17-11-15(18)7-4-9-19-10-8-15/h2-3,5-6H,4,7-11H2,1H3,(H2,16,17). The van der Waals surface area contributed by atoms with Crippen LogP contribution in [0.2, 0.25) is 0 Å². The minimum Gasteiger partial charge on any atom is -0.381 e. The second-order valence-electron chi connectivity index (χ2n) is 5.49. The molecule has 4 nitrogen and oxygen atoms in total. The molecule has 19 heavy (non-hydrogen) atoms. The molecule has 1 spiro atoms. The second-order valence-corrected chi connectivity index (χ2v) is 5.49. The second kappa shape index (κ2) is 4.85. The molecule has 102 valence electrons. The van der Waals surface area contributed by atoms with E-state index in [0.717, 1.165) is 39.0 Å². The average Bonchev–Trinajstić information content (AvgIpc) is 2.60. The summed E-state index contributed by atoms with van der Waals surface area (Å²) in [6.07, 6.45) is 3.16. The molecule has 1 fully saturated rings. The minimum atomic E-state index is 0.0205. The van der Waals surface area contributed by atoms with E-state index >= 15 is 0 Å². The topological polar surface area (TPSA) is 50.8 Å². The molecule has 0 aliphatic carbocycles. The van der Waals surface area contributed by atoms with Crippen molar-refractivity contribution in [3.05, 3.63) is 29.8 Å². The molecule has 2 heterocycles. The maximum Gasteiger partial charge on any atom is 0.196 e. The van der Waals surface area contributed by atoms with Crippen LogP contribution in [0.25, 0.3) is 0 Å². The number of anilines is 1. The Labute approximate surface area is 114 Å². The van der Waals surface area contributed by atoms with E-state index < -0.39 is 0 Å². The smallest absolute Gasteiger partial charge is 0.196 e. The van der Waals surface area contributed by atoms with Crippen LogP contribution in [-0.2, 0) is 4.74 Å². The van der Waals surface area contributed by atoms with Gasteiger partial charge < -0.3 is 15.4 Å². The summed E-state index contributed by atoms with van der Waals surface area (Å²) in [7, 11) is 0. The Kier molecular flexibility index (Phi) is 3.19. The van der Waals surface area contributed by atoms with Gasteiger partial charge in [0.1, 0.15) is 0 Å². The zero-order chi connectivity index (χ0) is 13.3. The van der Waals surface area contributed by atoms with Crippen molar-refractivity contribution in [1.82, 2.24) is 0 Å². The van der Waals surface area contributed by atoms with Crippen LogP contribution in [0, 0.1) is 6.92 Å². The zero-order valence-electron chi connectivity index (χ0n) is 11.4. The van der Waals surface area contributed by atoms with Gasteiger partial charge in [-0.3, -0.25) is 4.99 Å². The number of para-hydroxylation sites is 1. The third kappa shape index (κ3) is 2.10. The van der Waals surface area contributed by atoms with Gasteiger partial charge in [0.05, 0.1) is 12.1 Å². The number of rotatable bonds is 1. The SMILES string of the molecule is Cc1ccccc1N1C(N)=NCC12CCCOCC2. The van der Waals surface area contributed by atoms with E-state index in [1.54, 1.807) is 0 Å². The van der Waals surface area contributed by atoms with Crippen LogP contribution in [0.4, 0.5) is 5.69 Å². The first-order valence-electron chi connectivity index (χ1n) is 6.96. The first-order valence-corrected chi connectivity index (χ1v) is 6.96. The Bertz CT molecular complexity index is 490. The number of aliphatic imine (C=N–C) groups is 1. The lowest BCUT2D eigenvalue weighted by molar-refractivity contribution is 0.140. The largest absolute Gasteiger partial charge is 0.381 e. The number of hydrogen-bond acceptors (Lipinski definition) is 4. The highest BCUT2D eigenvalue weighted by Gasteiger charge is 2.43. The van der Waals surface area contributed by atoms with E-state index in [1.165, 1.54) is 11.3 Å². The van der Waals surface area contributed by atoms with Crippen molar-refractivity contribution in [3.8, 4) is 0 Å². The molecule has 2 aliphatic rings. The highest BCUT2D eigenvalue weighted by Crippen LogP contribution is 2.37. The van der Waals surface area contributed by atoms with Crippen molar-refractivity contribution in [2.24, 2.45) is 10.7 Å². The van der Waals surface area contributed by atoms with Crippen molar-refractivity contribution >= 4 is 11.6 Å². The highest BCUT2D eigenvalue weighted by molar-refractivity contribution is 5.99. The third-order valence-corrected chi connectivity index (χ3v) is 4.24. The summed E-state index contributed by atoms with van der Waals surface area (Å²) in [5.41, 5.74) is 8.62. The van der Waals surface area contributed by atoms with Gasteiger partial charge in [0, 0.05) is 18.9 Å². The molecule has 0 aromatic heterocycles. The maximum atomic E-state index is 6.17. The molecule has 0 bridgehead atoms. The zero-order valence-corrected chi connectivity index (χ0v) is 11.4. The summed E-state index contributed by atoms with van der Waals surface area (Å²) in [5, 5.41) is 0. The predicted octanol–water partition coefficient (Wildman–Crippen LogP) is 2.07. The van der Waals surface area contributed by atoms with E-state index in [2.05, 4.69) is 41.1 Å². The number of guanidine groups is 1. The molecule has 2 aliphatic heterocycles. The third-order valence-electron chi connectivity index (χ3n) is 4.24. The molecule has 2 N–H and O–H groups in total. The van der Waals surface area contributed by atoms with Crippen molar-refractivity contribution in [2.75, 3.05) is 24.7 Å². The molecular formula is C15H21N3O. The van der Waals surface area contributed by atoms with Crippen LogP contribution in [0.3, 0.4) is 0 Å². The number of nitrogens with two attached hydrogens (primary N) is 1. The fourth-order valence-corrected chi connectivity index (χ4v) is 3.18. The Morgan fingerprint density at radius 3 is 2.95 bits per heavy atom. The predicted molar refractivity (Wildman–Crippen MR) is 77.5 cm³/mol. The molecule has 1 aromatic rings. The summed E-state index contributed by atoms with van der Waals surface area (Å²) in [6, 6.07) is 8.39. The molecule has 1 aromatic carbocycles. The molecule has 1 atom stereocenters. The maximum absolute atomic E-state index is 6.17. The molecule has 1 unspecified atom stereocenters. The Morgan fingerprint density at radius 2 is 2.11 bits per heavy atom. The van der Waals surface area contributed by atoms with E-state index in [9.17, 15) is 0 Å². The molecule has 0 radical (unpaired) electrons. The summed E-state index contributed by atoms with van der Waals surface area (Å²) in [4.78, 5) is 6.77. The Balaban J connectivity index is 2.00. The number of hydrogen-bond donors (Lipinski definition) is 1. The summed E-state index contributed by atoms with van der Waals surface area (Å²) in [5.74, 6) is 0.649. The van der Waals surface area contributed by atoms with Gasteiger partial charge in [-0.25, -0.2) is 0 Å². The Morgan fingerprint density at radius 1 is 1.26 bits per heavy atom. The quantitative estimate of drug-likeness (QED) is 0.840. The fourth-order valence-electron chi connectivity index (χ4n) is 3.18. The molecule has 4 heteroatoms. The van der Waals surface area contributed by atoms with Gasteiger partial charge in [0.2, 0.25) is 0 Å². The normalized spacial score (nSPS) is 27.4. The van der Waals surface area contributed by atoms with Gasteiger partial charge in [0.25, 0.3) is 0 Å². The van der Waals surface area contributed by atoms with Gasteiger partial charge >= 0.3 is 0 Å². The number of nitrogens with zero attached hydrogens (tertiary/aromatic N) is 2.